The van der Waals surface area contributed by atoms with E-state index in [4.69, 9.17) is 5.73 Å². The highest BCUT2D eigenvalue weighted by Crippen LogP contribution is 2.37. The lowest BCUT2D eigenvalue weighted by Crippen LogP contribution is -2.42. The van der Waals surface area contributed by atoms with Crippen LogP contribution in [0, 0.1) is 11.3 Å². The molecule has 6 heteroatoms. The van der Waals surface area contributed by atoms with Crippen LogP contribution in [0.15, 0.2) is 48.5 Å². The average molecular weight is 443 g/mol. The number of benzene rings is 2. The van der Waals surface area contributed by atoms with E-state index in [1.807, 2.05) is 30.3 Å². The van der Waals surface area contributed by atoms with Crippen LogP contribution in [-0.2, 0) is 19.9 Å². The fourth-order valence-corrected chi connectivity index (χ4v) is 6.27. The summed E-state index contributed by atoms with van der Waals surface area (Å²) in [5.74, 6) is -0.337. The second-order valence-electron chi connectivity index (χ2n) is 8.84. The van der Waals surface area contributed by atoms with Crippen LogP contribution >= 0.6 is 11.3 Å². The fourth-order valence-electron chi connectivity index (χ4n) is 5.20. The minimum absolute atomic E-state index is 0.0533. The highest BCUT2D eigenvalue weighted by molar-refractivity contribution is 7.21. The van der Waals surface area contributed by atoms with Gasteiger partial charge in [-0.05, 0) is 79.3 Å². The number of aryl methyl sites for hydroxylation is 2. The Balaban J connectivity index is 1.46. The monoisotopic (exact) mass is 442 g/mol. The van der Waals surface area contributed by atoms with Crippen LogP contribution in [-0.4, -0.2) is 22.6 Å². The molecule has 0 spiro atoms. The molecule has 1 aliphatic heterocycles. The molecule has 32 heavy (non-hydrogen) atoms. The van der Waals surface area contributed by atoms with Crippen LogP contribution in [0.5, 0.6) is 0 Å². The molecular formula is C26H26N4OS. The molecule has 4 aromatic rings. The second kappa shape index (κ2) is 8.09. The third kappa shape index (κ3) is 3.58. The zero-order valence-corrected chi connectivity index (χ0v) is 19.0. The summed E-state index contributed by atoms with van der Waals surface area (Å²) in [6, 6.07) is 18.5. The predicted octanol–water partition coefficient (Wildman–Crippen LogP) is 4.66. The van der Waals surface area contributed by atoms with E-state index in [1.165, 1.54) is 17.0 Å². The lowest BCUT2D eigenvalue weighted by atomic mass is 9.83. The van der Waals surface area contributed by atoms with Gasteiger partial charge in [0.1, 0.15) is 0 Å². The Bertz CT molecular complexity index is 1370. The molecule has 0 radical (unpaired) electrons. The first-order valence-electron chi connectivity index (χ1n) is 11.0. The number of nitrogens with two attached hydrogens (primary N) is 1. The minimum Gasteiger partial charge on any atom is -0.365 e. The van der Waals surface area contributed by atoms with Crippen LogP contribution in [0.2, 0.25) is 0 Å². The first kappa shape index (κ1) is 20.7. The molecular weight excluding hydrogens is 416 g/mol. The Morgan fingerprint density at radius 1 is 1.28 bits per heavy atom. The smallest absolute Gasteiger partial charge is 0.259 e. The van der Waals surface area contributed by atoms with Gasteiger partial charge in [-0.1, -0.05) is 24.3 Å². The van der Waals surface area contributed by atoms with Crippen LogP contribution in [0.25, 0.3) is 21.0 Å². The quantitative estimate of drug-likeness (QED) is 0.455. The number of hydrogen-bond acceptors (Lipinski definition) is 4. The van der Waals surface area contributed by atoms with E-state index >= 15 is 0 Å². The van der Waals surface area contributed by atoms with Gasteiger partial charge < -0.3 is 15.6 Å². The summed E-state index contributed by atoms with van der Waals surface area (Å²) in [5.41, 5.74) is 9.84. The van der Waals surface area contributed by atoms with Gasteiger partial charge in [0.05, 0.1) is 16.5 Å². The summed E-state index contributed by atoms with van der Waals surface area (Å²) in [6.45, 7) is 0.995. The Morgan fingerprint density at radius 3 is 2.88 bits per heavy atom. The summed E-state index contributed by atoms with van der Waals surface area (Å²) in [7, 11) is 2.07. The maximum Gasteiger partial charge on any atom is 0.259 e. The molecule has 1 unspecified atom stereocenters. The van der Waals surface area contributed by atoms with Crippen molar-refractivity contribution >= 4 is 38.2 Å². The summed E-state index contributed by atoms with van der Waals surface area (Å²) in [5, 5.41) is 15.3. The number of hydrogen-bond donors (Lipinski definition) is 2. The Kier molecular flexibility index (Phi) is 5.24. The number of thiophene rings is 1. The molecule has 0 saturated carbocycles. The van der Waals surface area contributed by atoms with Crippen LogP contribution in [0.3, 0.4) is 0 Å². The number of nitriles is 1. The average Bonchev–Trinajstić information content (AvgIpc) is 3.49. The third-order valence-corrected chi connectivity index (χ3v) is 8.13. The van der Waals surface area contributed by atoms with Gasteiger partial charge in [0.2, 0.25) is 0 Å². The Hall–Kier alpha value is -3.14. The van der Waals surface area contributed by atoms with E-state index in [1.54, 1.807) is 0 Å². The maximum atomic E-state index is 12.2. The predicted molar refractivity (Wildman–Crippen MR) is 130 cm³/mol. The molecule has 2 aromatic heterocycles. The number of nitrogens with zero attached hydrogens (tertiary/aromatic N) is 2. The molecule has 1 fully saturated rings. The van der Waals surface area contributed by atoms with E-state index in [0.29, 0.717) is 10.4 Å². The highest BCUT2D eigenvalue weighted by atomic mass is 32.1. The summed E-state index contributed by atoms with van der Waals surface area (Å²) >= 11 is 1.50. The van der Waals surface area contributed by atoms with Gasteiger partial charge in [-0.25, -0.2) is 0 Å². The molecule has 1 aliphatic rings. The van der Waals surface area contributed by atoms with Gasteiger partial charge in [-0.2, -0.15) is 5.26 Å². The van der Waals surface area contributed by atoms with Crippen molar-refractivity contribution in [3.63, 3.8) is 0 Å². The van der Waals surface area contributed by atoms with Crippen molar-refractivity contribution in [1.82, 2.24) is 9.88 Å². The molecule has 1 atom stereocenters. The SMILES string of the molecule is Cn1c(CCC2(Cc3c(C(N)=O)sc4ccccc34)CCCN2)cc2ccc(C#N)cc21. The first-order valence-corrected chi connectivity index (χ1v) is 11.8. The number of amides is 1. The van der Waals surface area contributed by atoms with Crippen LogP contribution in [0.4, 0.5) is 0 Å². The first-order chi connectivity index (χ1) is 15.5. The van der Waals surface area contributed by atoms with Crippen molar-refractivity contribution < 1.29 is 4.79 Å². The standard InChI is InChI=1S/C26H26N4OS/c1-30-19(14-18-8-7-17(16-27)13-22(18)30)9-11-26(10-4-12-29-26)15-21-20-5-2-3-6-23(20)32-24(21)25(28)31/h2-3,5-8,13-14,29H,4,9-12,15H2,1H3,(H2,28,31). The highest BCUT2D eigenvalue weighted by Gasteiger charge is 2.35. The van der Waals surface area contributed by atoms with Crippen LogP contribution < -0.4 is 11.1 Å². The van der Waals surface area contributed by atoms with Gasteiger partial charge in [0, 0.05) is 28.5 Å². The van der Waals surface area contributed by atoms with Gasteiger partial charge in [-0.3, -0.25) is 4.79 Å². The molecule has 0 bridgehead atoms. The summed E-state index contributed by atoms with van der Waals surface area (Å²) < 4.78 is 3.32. The third-order valence-electron chi connectivity index (χ3n) is 6.90. The van der Waals surface area contributed by atoms with E-state index < -0.39 is 0 Å². The molecule has 0 aliphatic carbocycles. The van der Waals surface area contributed by atoms with Gasteiger partial charge in [0.25, 0.3) is 5.91 Å². The largest absolute Gasteiger partial charge is 0.365 e. The topological polar surface area (TPSA) is 83.8 Å². The van der Waals surface area contributed by atoms with E-state index in [-0.39, 0.29) is 11.4 Å². The number of aromatic nitrogens is 1. The van der Waals surface area contributed by atoms with Crippen LogP contribution in [0.1, 0.15) is 45.8 Å². The fraction of sp³-hybridized carbons (Fsp3) is 0.308. The van der Waals surface area contributed by atoms with Crippen molar-refractivity contribution in [2.75, 3.05) is 6.54 Å². The number of carbonyl (C=O) groups excluding carboxylic acids is 1. The van der Waals surface area contributed by atoms with E-state index in [0.717, 1.165) is 65.2 Å². The number of rotatable bonds is 6. The molecule has 5 nitrogen and oxygen atoms in total. The van der Waals surface area contributed by atoms with Crippen molar-refractivity contribution in [3.8, 4) is 6.07 Å². The second-order valence-corrected chi connectivity index (χ2v) is 9.89. The lowest BCUT2D eigenvalue weighted by Gasteiger charge is -2.30. The number of carbonyl (C=O) groups is 1. The lowest BCUT2D eigenvalue weighted by molar-refractivity contribution is 0.100. The summed E-state index contributed by atoms with van der Waals surface area (Å²) in [4.78, 5) is 12.9. The minimum atomic E-state index is -0.337. The van der Waals surface area contributed by atoms with Gasteiger partial charge >= 0.3 is 0 Å². The van der Waals surface area contributed by atoms with E-state index in [2.05, 4.69) is 41.2 Å². The molecule has 3 heterocycles. The number of primary amides is 1. The number of fused-ring (bicyclic) bond motifs is 2. The molecule has 162 valence electrons. The normalized spacial score (nSPS) is 18.4. The van der Waals surface area contributed by atoms with Gasteiger partial charge in [-0.15, -0.1) is 11.3 Å². The molecule has 1 saturated heterocycles. The van der Waals surface area contributed by atoms with Crippen molar-refractivity contribution in [2.24, 2.45) is 12.8 Å². The zero-order chi connectivity index (χ0) is 22.3. The van der Waals surface area contributed by atoms with E-state index in [9.17, 15) is 10.1 Å². The Labute approximate surface area is 191 Å². The van der Waals surface area contributed by atoms with Crippen molar-refractivity contribution in [2.45, 2.75) is 37.6 Å². The van der Waals surface area contributed by atoms with Crippen molar-refractivity contribution in [1.29, 1.82) is 5.26 Å². The molecule has 2 aromatic carbocycles. The summed E-state index contributed by atoms with van der Waals surface area (Å²) in [6.07, 6.45) is 4.92. The molecule has 5 rings (SSSR count). The number of nitrogens with one attached hydrogen (secondary N) is 1. The van der Waals surface area contributed by atoms with Gasteiger partial charge in [0.15, 0.2) is 0 Å². The zero-order valence-electron chi connectivity index (χ0n) is 18.1. The molecule has 1 amide bonds. The molecule has 3 N–H and O–H groups in total. The van der Waals surface area contributed by atoms with Crippen molar-refractivity contribution in [3.05, 3.63) is 70.2 Å². The Morgan fingerprint density at radius 2 is 2.12 bits per heavy atom. The maximum absolute atomic E-state index is 12.2.